The molecule has 0 aliphatic carbocycles. The average Bonchev–Trinajstić information content (AvgIpc) is 2.16. The quantitative estimate of drug-likeness (QED) is 0.620. The van der Waals surface area contributed by atoms with E-state index in [1.165, 1.54) is 6.07 Å². The van der Waals surface area contributed by atoms with Crippen LogP contribution in [0.5, 0.6) is 0 Å². The number of nitriles is 1. The molecule has 0 spiro atoms. The minimum absolute atomic E-state index is 0.000164. The van der Waals surface area contributed by atoms with E-state index in [0.717, 1.165) is 0 Å². The molecule has 68 valence electrons. The Morgan fingerprint density at radius 3 is 2.86 bits per heavy atom. The van der Waals surface area contributed by atoms with Crippen LogP contribution in [-0.4, -0.2) is 0 Å². The minimum atomic E-state index is -0.637. The van der Waals surface area contributed by atoms with Crippen molar-refractivity contribution in [3.05, 3.63) is 45.3 Å². The molecule has 0 amide bonds. The van der Waals surface area contributed by atoms with Gasteiger partial charge in [-0.05, 0) is 18.2 Å². The first-order chi connectivity index (χ1) is 6.70. The van der Waals surface area contributed by atoms with Crippen LogP contribution in [0.4, 0.5) is 0 Å². The molecule has 2 aromatic rings. The SMILES string of the molecule is N#Cc1cc2ccc(Cl)cc2oc1=O. The smallest absolute Gasteiger partial charge is 0.354 e. The predicted octanol–water partition coefficient (Wildman–Crippen LogP) is 2.32. The van der Waals surface area contributed by atoms with Crippen LogP contribution in [0.2, 0.25) is 5.02 Å². The first-order valence-corrected chi connectivity index (χ1v) is 4.22. The Kier molecular flexibility index (Phi) is 1.99. The Bertz CT molecular complexity index is 595. The van der Waals surface area contributed by atoms with Crippen molar-refractivity contribution in [1.29, 1.82) is 5.26 Å². The van der Waals surface area contributed by atoms with E-state index in [0.29, 0.717) is 16.0 Å². The van der Waals surface area contributed by atoms with Crippen molar-refractivity contribution in [2.24, 2.45) is 0 Å². The zero-order chi connectivity index (χ0) is 10.1. The van der Waals surface area contributed by atoms with Gasteiger partial charge in [0, 0.05) is 16.5 Å². The number of hydrogen-bond donors (Lipinski definition) is 0. The van der Waals surface area contributed by atoms with Crippen molar-refractivity contribution in [2.75, 3.05) is 0 Å². The second kappa shape index (κ2) is 3.17. The van der Waals surface area contributed by atoms with Crippen molar-refractivity contribution >= 4 is 22.6 Å². The minimum Gasteiger partial charge on any atom is -0.422 e. The van der Waals surface area contributed by atoms with Gasteiger partial charge in [0.15, 0.2) is 0 Å². The van der Waals surface area contributed by atoms with Gasteiger partial charge >= 0.3 is 5.63 Å². The fourth-order valence-electron chi connectivity index (χ4n) is 1.16. The van der Waals surface area contributed by atoms with Crippen LogP contribution >= 0.6 is 11.6 Å². The Morgan fingerprint density at radius 2 is 2.14 bits per heavy atom. The molecule has 0 saturated heterocycles. The topological polar surface area (TPSA) is 54.0 Å². The van der Waals surface area contributed by atoms with E-state index in [-0.39, 0.29) is 5.56 Å². The van der Waals surface area contributed by atoms with Crippen LogP contribution in [0.25, 0.3) is 11.0 Å². The standard InChI is InChI=1S/C10H4ClNO2/c11-8-2-1-6-3-7(5-12)10(13)14-9(6)4-8/h1-4H. The number of halogens is 1. The van der Waals surface area contributed by atoms with Gasteiger partial charge in [-0.25, -0.2) is 4.79 Å². The van der Waals surface area contributed by atoms with Crippen molar-refractivity contribution in [3.8, 4) is 6.07 Å². The summed E-state index contributed by atoms with van der Waals surface area (Å²) >= 11 is 5.72. The lowest BCUT2D eigenvalue weighted by molar-refractivity contribution is 0.558. The lowest BCUT2D eigenvalue weighted by Gasteiger charge is -1.96. The summed E-state index contributed by atoms with van der Waals surface area (Å²) in [6.45, 7) is 0. The Hall–Kier alpha value is -1.79. The van der Waals surface area contributed by atoms with Crippen molar-refractivity contribution in [2.45, 2.75) is 0 Å². The molecule has 14 heavy (non-hydrogen) atoms. The summed E-state index contributed by atoms with van der Waals surface area (Å²) in [6.07, 6.45) is 0. The molecule has 3 nitrogen and oxygen atoms in total. The van der Waals surface area contributed by atoms with E-state index in [4.69, 9.17) is 21.3 Å². The van der Waals surface area contributed by atoms with Gasteiger partial charge < -0.3 is 4.42 Å². The van der Waals surface area contributed by atoms with Gasteiger partial charge in [0.2, 0.25) is 0 Å². The van der Waals surface area contributed by atoms with Crippen molar-refractivity contribution in [1.82, 2.24) is 0 Å². The normalized spacial score (nSPS) is 10.0. The maximum Gasteiger partial charge on any atom is 0.354 e. The maximum atomic E-state index is 11.1. The fraction of sp³-hybridized carbons (Fsp3) is 0. The molecule has 0 aliphatic heterocycles. The van der Waals surface area contributed by atoms with Crippen LogP contribution in [0.1, 0.15) is 5.56 Å². The van der Waals surface area contributed by atoms with E-state index < -0.39 is 5.63 Å². The molecule has 0 bridgehead atoms. The Balaban J connectivity index is 2.88. The summed E-state index contributed by atoms with van der Waals surface area (Å²) in [4.78, 5) is 11.1. The maximum absolute atomic E-state index is 11.1. The number of nitrogens with zero attached hydrogens (tertiary/aromatic N) is 1. The highest BCUT2D eigenvalue weighted by atomic mass is 35.5. The molecule has 0 N–H and O–H groups in total. The van der Waals surface area contributed by atoms with Crippen LogP contribution in [0.3, 0.4) is 0 Å². The zero-order valence-corrected chi connectivity index (χ0v) is 7.71. The highest BCUT2D eigenvalue weighted by Crippen LogP contribution is 2.18. The molecule has 1 aromatic heterocycles. The van der Waals surface area contributed by atoms with Crippen LogP contribution < -0.4 is 5.63 Å². The summed E-state index contributed by atoms with van der Waals surface area (Å²) in [6, 6.07) is 8.16. The lowest BCUT2D eigenvalue weighted by Crippen LogP contribution is -2.02. The molecular weight excluding hydrogens is 202 g/mol. The van der Waals surface area contributed by atoms with Gasteiger partial charge in [0.05, 0.1) is 0 Å². The van der Waals surface area contributed by atoms with Crippen molar-refractivity contribution < 1.29 is 4.42 Å². The number of fused-ring (bicyclic) bond motifs is 1. The zero-order valence-electron chi connectivity index (χ0n) is 6.95. The van der Waals surface area contributed by atoms with Gasteiger partial charge in [-0.3, -0.25) is 0 Å². The molecule has 0 atom stereocenters. The van der Waals surface area contributed by atoms with Crippen LogP contribution in [0.15, 0.2) is 33.5 Å². The summed E-state index contributed by atoms with van der Waals surface area (Å²) in [7, 11) is 0. The molecule has 0 radical (unpaired) electrons. The summed E-state index contributed by atoms with van der Waals surface area (Å²) < 4.78 is 4.90. The monoisotopic (exact) mass is 205 g/mol. The van der Waals surface area contributed by atoms with E-state index in [1.807, 2.05) is 0 Å². The molecule has 0 fully saturated rings. The summed E-state index contributed by atoms with van der Waals surface area (Å²) in [5, 5.41) is 9.77. The number of hydrogen-bond acceptors (Lipinski definition) is 3. The van der Waals surface area contributed by atoms with Gasteiger partial charge in [0.1, 0.15) is 17.2 Å². The lowest BCUT2D eigenvalue weighted by atomic mass is 10.2. The third-order valence-corrected chi connectivity index (χ3v) is 2.05. The third kappa shape index (κ3) is 1.36. The predicted molar refractivity (Wildman–Crippen MR) is 52.2 cm³/mol. The molecule has 4 heteroatoms. The van der Waals surface area contributed by atoms with E-state index in [9.17, 15) is 4.79 Å². The first kappa shape index (κ1) is 8.79. The van der Waals surface area contributed by atoms with E-state index in [1.54, 1.807) is 24.3 Å². The summed E-state index contributed by atoms with van der Waals surface area (Å²) in [5.41, 5.74) is -0.247. The van der Waals surface area contributed by atoms with Crippen LogP contribution in [0, 0.1) is 11.3 Å². The Labute approximate surface area is 84.1 Å². The van der Waals surface area contributed by atoms with Gasteiger partial charge in [-0.15, -0.1) is 0 Å². The van der Waals surface area contributed by atoms with Gasteiger partial charge in [-0.2, -0.15) is 5.26 Å². The van der Waals surface area contributed by atoms with Gasteiger partial charge in [-0.1, -0.05) is 11.6 Å². The number of rotatable bonds is 0. The average molecular weight is 206 g/mol. The Morgan fingerprint density at radius 1 is 1.36 bits per heavy atom. The molecule has 1 heterocycles. The van der Waals surface area contributed by atoms with Gasteiger partial charge in [0.25, 0.3) is 0 Å². The molecule has 0 aliphatic rings. The van der Waals surface area contributed by atoms with E-state index >= 15 is 0 Å². The summed E-state index contributed by atoms with van der Waals surface area (Å²) in [5.74, 6) is 0. The second-order valence-corrected chi connectivity index (χ2v) is 3.18. The van der Waals surface area contributed by atoms with Crippen LogP contribution in [-0.2, 0) is 0 Å². The molecule has 0 saturated carbocycles. The fourth-order valence-corrected chi connectivity index (χ4v) is 1.33. The molecular formula is C10H4ClNO2. The van der Waals surface area contributed by atoms with Crippen molar-refractivity contribution in [3.63, 3.8) is 0 Å². The highest BCUT2D eigenvalue weighted by molar-refractivity contribution is 6.31. The largest absolute Gasteiger partial charge is 0.422 e. The third-order valence-electron chi connectivity index (χ3n) is 1.82. The molecule has 1 aromatic carbocycles. The molecule has 2 rings (SSSR count). The first-order valence-electron chi connectivity index (χ1n) is 3.84. The molecule has 0 unspecified atom stereocenters. The van der Waals surface area contributed by atoms with E-state index in [2.05, 4.69) is 0 Å². The highest BCUT2D eigenvalue weighted by Gasteiger charge is 2.04. The number of benzene rings is 1. The second-order valence-electron chi connectivity index (χ2n) is 2.74.